The molecule has 32 heavy (non-hydrogen) atoms. The molecule has 1 amide bonds. The third-order valence-electron chi connectivity index (χ3n) is 4.90. The van der Waals surface area contributed by atoms with E-state index in [2.05, 4.69) is 5.43 Å². The van der Waals surface area contributed by atoms with Crippen LogP contribution in [0.15, 0.2) is 42.5 Å². The quantitative estimate of drug-likeness (QED) is 0.254. The van der Waals surface area contributed by atoms with Crippen molar-refractivity contribution in [2.24, 2.45) is 5.92 Å². The van der Waals surface area contributed by atoms with E-state index in [9.17, 15) is 18.0 Å². The van der Waals surface area contributed by atoms with E-state index < -0.39 is 12.1 Å². The van der Waals surface area contributed by atoms with Gasteiger partial charge in [0.1, 0.15) is 0 Å². The van der Waals surface area contributed by atoms with E-state index >= 15 is 0 Å². The van der Waals surface area contributed by atoms with Crippen LogP contribution in [0, 0.1) is 5.92 Å². The molecule has 0 heterocycles. The number of nitrogens with one attached hydrogen (secondary N) is 1. The summed E-state index contributed by atoms with van der Waals surface area (Å²) in [6.45, 7) is 0. The number of nitrogens with zero attached hydrogens (tertiary/aromatic N) is 1. The number of halogens is 6. The molecule has 0 aromatic heterocycles. The molecule has 2 aromatic carbocycles. The molecule has 1 unspecified atom stereocenters. The van der Waals surface area contributed by atoms with Gasteiger partial charge in [-0.1, -0.05) is 71.3 Å². The van der Waals surface area contributed by atoms with Gasteiger partial charge in [-0.15, -0.1) is 0 Å². The lowest BCUT2D eigenvalue weighted by Crippen LogP contribution is -2.43. The number of hydrazine groups is 1. The van der Waals surface area contributed by atoms with Gasteiger partial charge in [0.2, 0.25) is 0 Å². The van der Waals surface area contributed by atoms with Crippen LogP contribution in [-0.2, 0) is 0 Å². The smallest absolute Gasteiger partial charge is 0.281 e. The Labute approximate surface area is 204 Å². The molecular formula is C22H18Cl3F3N2OS. The lowest BCUT2D eigenvalue weighted by molar-refractivity contribution is -0.139. The fourth-order valence-electron chi connectivity index (χ4n) is 2.99. The minimum absolute atomic E-state index is 0.000564. The van der Waals surface area contributed by atoms with Gasteiger partial charge in [-0.2, -0.15) is 13.2 Å². The largest absolute Gasteiger partial charge is 0.399 e. The van der Waals surface area contributed by atoms with Crippen LogP contribution in [0.3, 0.4) is 0 Å². The predicted octanol–water partition coefficient (Wildman–Crippen LogP) is 7.32. The molecule has 1 N–H and O–H groups in total. The van der Waals surface area contributed by atoms with Gasteiger partial charge in [-0.3, -0.25) is 15.2 Å². The van der Waals surface area contributed by atoms with E-state index in [1.807, 2.05) is 0 Å². The molecule has 1 fully saturated rings. The summed E-state index contributed by atoms with van der Waals surface area (Å²) in [5, 5.41) is 1.41. The summed E-state index contributed by atoms with van der Waals surface area (Å²) < 4.78 is 41.0. The van der Waals surface area contributed by atoms with Crippen molar-refractivity contribution in [1.29, 1.82) is 0 Å². The molecule has 3 rings (SSSR count). The summed E-state index contributed by atoms with van der Waals surface area (Å²) in [4.78, 5) is 13.1. The Morgan fingerprint density at radius 1 is 1.16 bits per heavy atom. The van der Waals surface area contributed by atoms with Crippen LogP contribution in [0.25, 0.3) is 6.08 Å². The standard InChI is InChI=1S/C22H18Cl3F3N2OS/c1-30(21(32)14-7-8-14)29-20(31)13-5-2-12(3-6-13)4-9-16(22(26,27)28)15-10-17(23)19(25)18(24)11-15/h2-6,9-11,14,16H,7-8H2,1H3,(H,29,31)/b9-4+. The SMILES string of the molecule is CN(NC(=O)c1ccc(/C=C/C(c2cc(Cl)c(Cl)c(Cl)c2)C(F)(F)F)cc1)C(=S)C1CC1. The van der Waals surface area contributed by atoms with Crippen LogP contribution >= 0.6 is 47.0 Å². The molecule has 2 aromatic rings. The van der Waals surface area contributed by atoms with Gasteiger partial charge in [0.15, 0.2) is 0 Å². The Morgan fingerprint density at radius 3 is 2.22 bits per heavy atom. The predicted molar refractivity (Wildman–Crippen MR) is 126 cm³/mol. The number of thiocarbonyl (C=S) groups is 1. The molecule has 3 nitrogen and oxygen atoms in total. The monoisotopic (exact) mass is 520 g/mol. The molecular weight excluding hydrogens is 504 g/mol. The molecule has 1 saturated carbocycles. The number of hydrogen-bond acceptors (Lipinski definition) is 2. The van der Waals surface area contributed by atoms with Gasteiger partial charge in [0.05, 0.1) is 26.0 Å². The summed E-state index contributed by atoms with van der Waals surface area (Å²) in [7, 11) is 1.68. The van der Waals surface area contributed by atoms with E-state index in [1.54, 1.807) is 19.2 Å². The first-order chi connectivity index (χ1) is 15.0. The van der Waals surface area contributed by atoms with Crippen molar-refractivity contribution < 1.29 is 18.0 Å². The number of carbonyl (C=O) groups is 1. The lowest BCUT2D eigenvalue weighted by atomic mass is 9.97. The van der Waals surface area contributed by atoms with Crippen molar-refractivity contribution >= 4 is 64.0 Å². The summed E-state index contributed by atoms with van der Waals surface area (Å²) in [5.41, 5.74) is 3.42. The zero-order valence-electron chi connectivity index (χ0n) is 16.7. The third kappa shape index (κ3) is 6.16. The van der Waals surface area contributed by atoms with E-state index in [4.69, 9.17) is 47.0 Å². The van der Waals surface area contributed by atoms with Crippen molar-refractivity contribution in [3.63, 3.8) is 0 Å². The van der Waals surface area contributed by atoms with E-state index in [0.29, 0.717) is 22.0 Å². The number of alkyl halides is 3. The Hall–Kier alpha value is -1.80. The fourth-order valence-corrected chi connectivity index (χ4v) is 3.89. The second-order valence-electron chi connectivity index (χ2n) is 7.41. The molecule has 0 spiro atoms. The highest BCUT2D eigenvalue weighted by molar-refractivity contribution is 7.80. The van der Waals surface area contributed by atoms with Crippen LogP contribution < -0.4 is 5.43 Å². The van der Waals surface area contributed by atoms with Crippen molar-refractivity contribution in [2.45, 2.75) is 24.9 Å². The maximum Gasteiger partial charge on any atom is 0.399 e. The minimum atomic E-state index is -4.57. The zero-order chi connectivity index (χ0) is 23.6. The average Bonchev–Trinajstić information content (AvgIpc) is 3.56. The van der Waals surface area contributed by atoms with Gasteiger partial charge >= 0.3 is 6.18 Å². The zero-order valence-corrected chi connectivity index (χ0v) is 19.8. The normalized spacial score (nSPS) is 15.0. The summed E-state index contributed by atoms with van der Waals surface area (Å²) in [5.74, 6) is -1.96. The second-order valence-corrected chi connectivity index (χ2v) is 9.02. The van der Waals surface area contributed by atoms with Crippen molar-refractivity contribution in [1.82, 2.24) is 10.4 Å². The fraction of sp³-hybridized carbons (Fsp3) is 0.273. The Balaban J connectivity index is 1.74. The molecule has 10 heteroatoms. The van der Waals surface area contributed by atoms with E-state index in [0.717, 1.165) is 31.1 Å². The molecule has 0 radical (unpaired) electrons. The molecule has 1 aliphatic rings. The highest BCUT2D eigenvalue weighted by atomic mass is 35.5. The van der Waals surface area contributed by atoms with Gasteiger partial charge in [0, 0.05) is 18.5 Å². The van der Waals surface area contributed by atoms with Crippen LogP contribution in [0.1, 0.15) is 40.2 Å². The molecule has 0 aliphatic heterocycles. The summed E-state index contributed by atoms with van der Waals surface area (Å²) in [6, 6.07) is 8.46. The first kappa shape index (κ1) is 24.8. The van der Waals surface area contributed by atoms with Gasteiger partial charge in [-0.25, -0.2) is 0 Å². The maximum atomic E-state index is 13.7. The van der Waals surface area contributed by atoms with Gasteiger partial charge in [0.25, 0.3) is 5.91 Å². The molecule has 0 saturated heterocycles. The first-order valence-corrected chi connectivity index (χ1v) is 11.1. The van der Waals surface area contributed by atoms with Crippen LogP contribution in [0.5, 0.6) is 0 Å². The third-order valence-corrected chi connectivity index (χ3v) is 6.70. The molecule has 1 aliphatic carbocycles. The summed E-state index contributed by atoms with van der Waals surface area (Å²) >= 11 is 22.9. The van der Waals surface area contributed by atoms with Crippen molar-refractivity contribution in [3.05, 3.63) is 74.2 Å². The highest BCUT2D eigenvalue weighted by Gasteiger charge is 2.39. The Morgan fingerprint density at radius 2 is 1.72 bits per heavy atom. The Kier molecular flexibility index (Phi) is 7.76. The Bertz CT molecular complexity index is 1030. The maximum absolute atomic E-state index is 13.7. The van der Waals surface area contributed by atoms with Gasteiger partial charge in [-0.05, 0) is 48.2 Å². The van der Waals surface area contributed by atoms with Gasteiger partial charge < -0.3 is 0 Å². The number of carbonyl (C=O) groups excluding carboxylic acids is 1. The number of allylic oxidation sites excluding steroid dienone is 1. The molecule has 1 atom stereocenters. The number of rotatable bonds is 5. The lowest BCUT2D eigenvalue weighted by Gasteiger charge is -2.20. The van der Waals surface area contributed by atoms with Crippen LogP contribution in [0.2, 0.25) is 15.1 Å². The first-order valence-electron chi connectivity index (χ1n) is 9.55. The van der Waals surface area contributed by atoms with E-state index in [1.165, 1.54) is 23.2 Å². The number of benzene rings is 2. The van der Waals surface area contributed by atoms with Crippen molar-refractivity contribution in [3.8, 4) is 0 Å². The van der Waals surface area contributed by atoms with Crippen LogP contribution in [-0.4, -0.2) is 29.1 Å². The molecule has 170 valence electrons. The van der Waals surface area contributed by atoms with Crippen LogP contribution in [0.4, 0.5) is 13.2 Å². The minimum Gasteiger partial charge on any atom is -0.281 e. The van der Waals surface area contributed by atoms with Crippen molar-refractivity contribution in [2.75, 3.05) is 7.05 Å². The average molecular weight is 522 g/mol. The van der Waals surface area contributed by atoms with E-state index in [-0.39, 0.29) is 26.5 Å². The highest BCUT2D eigenvalue weighted by Crippen LogP contribution is 2.41. The summed E-state index contributed by atoms with van der Waals surface area (Å²) in [6.07, 6.45) is -0.195. The number of hydrogen-bond donors (Lipinski definition) is 1. The number of amides is 1. The topological polar surface area (TPSA) is 32.3 Å². The second kappa shape index (κ2) is 10.00. The molecule has 0 bridgehead atoms.